The Bertz CT molecular complexity index is 501. The fourth-order valence-corrected chi connectivity index (χ4v) is 1.37. The fourth-order valence-electron chi connectivity index (χ4n) is 1.37. The van der Waals surface area contributed by atoms with Crippen LogP contribution in [0.5, 0.6) is 5.75 Å². The average molecular weight is 295 g/mol. The van der Waals surface area contributed by atoms with Gasteiger partial charge in [0, 0.05) is 25.7 Å². The van der Waals surface area contributed by atoms with E-state index in [1.165, 1.54) is 6.92 Å². The van der Waals surface area contributed by atoms with Gasteiger partial charge in [-0.3, -0.25) is 4.79 Å². The molecule has 0 aliphatic carbocycles. The number of benzene rings is 1. The van der Waals surface area contributed by atoms with Crippen molar-refractivity contribution in [2.45, 2.75) is 6.92 Å². The number of anilines is 1. The summed E-state index contributed by atoms with van der Waals surface area (Å²) in [5, 5.41) is 16.2. The van der Waals surface area contributed by atoms with E-state index >= 15 is 0 Å². The third-order valence-electron chi connectivity index (χ3n) is 2.26. The molecule has 0 aliphatic heterocycles. The van der Waals surface area contributed by atoms with Crippen molar-refractivity contribution in [1.29, 1.82) is 0 Å². The number of amides is 3. The summed E-state index contributed by atoms with van der Waals surface area (Å²) in [5.41, 5.74) is 0.537. The van der Waals surface area contributed by atoms with Crippen molar-refractivity contribution < 1.29 is 24.2 Å². The van der Waals surface area contributed by atoms with Gasteiger partial charge in [-0.05, 0) is 24.3 Å². The van der Waals surface area contributed by atoms with Crippen molar-refractivity contribution in [3.05, 3.63) is 24.3 Å². The number of carboxylic acid groups (broad SMARTS) is 1. The van der Waals surface area contributed by atoms with Gasteiger partial charge in [-0.2, -0.15) is 0 Å². The standard InChI is InChI=1S/C13H17N3O5/c1-9(17)14-6-7-15-13(20)16-10-2-4-11(5-3-10)21-8-12(18)19/h2-5H,6-8H2,1H3,(H,14,17)(H,18,19)(H2,15,16,20). The Morgan fingerprint density at radius 2 is 1.71 bits per heavy atom. The number of hydrogen-bond donors (Lipinski definition) is 4. The van der Waals surface area contributed by atoms with Crippen LogP contribution in [0.25, 0.3) is 0 Å². The second-order valence-corrected chi connectivity index (χ2v) is 4.07. The lowest BCUT2D eigenvalue weighted by atomic mass is 10.3. The lowest BCUT2D eigenvalue weighted by molar-refractivity contribution is -0.139. The Morgan fingerprint density at radius 1 is 1.10 bits per heavy atom. The molecule has 21 heavy (non-hydrogen) atoms. The minimum Gasteiger partial charge on any atom is -0.482 e. The third-order valence-corrected chi connectivity index (χ3v) is 2.26. The van der Waals surface area contributed by atoms with Gasteiger partial charge in [-0.1, -0.05) is 0 Å². The SMILES string of the molecule is CC(=O)NCCNC(=O)Nc1ccc(OCC(=O)O)cc1. The number of ether oxygens (including phenoxy) is 1. The van der Waals surface area contributed by atoms with Crippen LogP contribution in [0.2, 0.25) is 0 Å². The van der Waals surface area contributed by atoms with E-state index in [9.17, 15) is 14.4 Å². The molecule has 0 unspecified atom stereocenters. The topological polar surface area (TPSA) is 117 Å². The van der Waals surface area contributed by atoms with Gasteiger partial charge in [0.1, 0.15) is 5.75 Å². The molecule has 0 fully saturated rings. The van der Waals surface area contributed by atoms with Gasteiger partial charge in [-0.15, -0.1) is 0 Å². The van der Waals surface area contributed by atoms with Crippen molar-refractivity contribution in [3.63, 3.8) is 0 Å². The zero-order valence-corrected chi connectivity index (χ0v) is 11.5. The molecule has 8 heteroatoms. The highest BCUT2D eigenvalue weighted by Crippen LogP contribution is 2.15. The Kier molecular flexibility index (Phi) is 6.52. The molecule has 0 saturated carbocycles. The van der Waals surface area contributed by atoms with Crippen LogP contribution in [0, 0.1) is 0 Å². The summed E-state index contributed by atoms with van der Waals surface area (Å²) >= 11 is 0. The van der Waals surface area contributed by atoms with E-state index in [2.05, 4.69) is 16.0 Å². The Labute approximate surface area is 121 Å². The van der Waals surface area contributed by atoms with E-state index in [0.29, 0.717) is 24.5 Å². The van der Waals surface area contributed by atoms with Gasteiger partial charge < -0.3 is 25.8 Å². The summed E-state index contributed by atoms with van der Waals surface area (Å²) in [7, 11) is 0. The molecule has 0 radical (unpaired) electrons. The largest absolute Gasteiger partial charge is 0.482 e. The third kappa shape index (κ3) is 7.41. The number of rotatable bonds is 7. The van der Waals surface area contributed by atoms with Crippen molar-refractivity contribution in [3.8, 4) is 5.75 Å². The highest BCUT2D eigenvalue weighted by Gasteiger charge is 2.03. The van der Waals surface area contributed by atoms with Crippen molar-refractivity contribution in [1.82, 2.24) is 10.6 Å². The van der Waals surface area contributed by atoms with Crippen LogP contribution in [0.1, 0.15) is 6.92 Å². The van der Waals surface area contributed by atoms with Gasteiger partial charge in [-0.25, -0.2) is 9.59 Å². The number of nitrogens with one attached hydrogen (secondary N) is 3. The van der Waals surface area contributed by atoms with E-state index in [0.717, 1.165) is 0 Å². The number of urea groups is 1. The molecule has 4 N–H and O–H groups in total. The van der Waals surface area contributed by atoms with Crippen molar-refractivity contribution >= 4 is 23.6 Å². The first-order valence-corrected chi connectivity index (χ1v) is 6.21. The Hall–Kier alpha value is -2.77. The zero-order valence-electron chi connectivity index (χ0n) is 11.5. The van der Waals surface area contributed by atoms with E-state index < -0.39 is 18.6 Å². The van der Waals surface area contributed by atoms with E-state index in [-0.39, 0.29) is 5.91 Å². The van der Waals surface area contributed by atoms with Crippen LogP contribution in [0.15, 0.2) is 24.3 Å². The maximum Gasteiger partial charge on any atom is 0.341 e. The molecular weight excluding hydrogens is 278 g/mol. The molecule has 0 aliphatic rings. The summed E-state index contributed by atoms with van der Waals surface area (Å²) in [5.74, 6) is -0.820. The van der Waals surface area contributed by atoms with Gasteiger partial charge in [0.25, 0.3) is 0 Å². The molecule has 114 valence electrons. The van der Waals surface area contributed by atoms with E-state index in [1.807, 2.05) is 0 Å². The molecule has 8 nitrogen and oxygen atoms in total. The minimum absolute atomic E-state index is 0.158. The minimum atomic E-state index is -1.06. The highest BCUT2D eigenvalue weighted by atomic mass is 16.5. The molecule has 1 aromatic rings. The zero-order chi connectivity index (χ0) is 15.7. The first-order valence-electron chi connectivity index (χ1n) is 6.21. The fraction of sp³-hybridized carbons (Fsp3) is 0.308. The molecule has 0 heterocycles. The van der Waals surface area contributed by atoms with Crippen LogP contribution in [0.4, 0.5) is 10.5 Å². The Balaban J connectivity index is 2.32. The summed E-state index contributed by atoms with van der Waals surface area (Å²) in [6.45, 7) is 1.64. The predicted molar refractivity (Wildman–Crippen MR) is 75.3 cm³/mol. The first-order chi connectivity index (χ1) is 9.97. The molecule has 3 amide bonds. The normalized spacial score (nSPS) is 9.57. The first kappa shape index (κ1) is 16.3. The van der Waals surface area contributed by atoms with Crippen LogP contribution < -0.4 is 20.7 Å². The second-order valence-electron chi connectivity index (χ2n) is 4.07. The van der Waals surface area contributed by atoms with Crippen molar-refractivity contribution in [2.24, 2.45) is 0 Å². The predicted octanol–water partition coefficient (Wildman–Crippen LogP) is 0.408. The summed E-state index contributed by atoms with van der Waals surface area (Å²) in [4.78, 5) is 32.5. The van der Waals surface area contributed by atoms with Crippen LogP contribution in [-0.2, 0) is 9.59 Å². The van der Waals surface area contributed by atoms with Gasteiger partial charge in [0.15, 0.2) is 6.61 Å². The molecule has 0 spiro atoms. The monoisotopic (exact) mass is 295 g/mol. The molecular formula is C13H17N3O5. The number of aliphatic carboxylic acids is 1. The number of carbonyl (C=O) groups excluding carboxylic acids is 2. The number of hydrogen-bond acceptors (Lipinski definition) is 4. The smallest absolute Gasteiger partial charge is 0.341 e. The maximum absolute atomic E-state index is 11.5. The van der Waals surface area contributed by atoms with Crippen LogP contribution >= 0.6 is 0 Å². The summed E-state index contributed by atoms with van der Waals surface area (Å²) < 4.78 is 4.96. The second kappa shape index (κ2) is 8.41. The quantitative estimate of drug-likeness (QED) is 0.543. The lowest BCUT2D eigenvalue weighted by Gasteiger charge is -2.09. The van der Waals surface area contributed by atoms with Crippen LogP contribution in [-0.4, -0.2) is 42.7 Å². The molecule has 0 saturated heterocycles. The van der Waals surface area contributed by atoms with E-state index in [4.69, 9.17) is 9.84 Å². The molecule has 0 aromatic heterocycles. The average Bonchev–Trinajstić information content (AvgIpc) is 2.42. The highest BCUT2D eigenvalue weighted by molar-refractivity contribution is 5.89. The van der Waals surface area contributed by atoms with E-state index in [1.54, 1.807) is 24.3 Å². The number of carbonyl (C=O) groups is 3. The van der Waals surface area contributed by atoms with Crippen molar-refractivity contribution in [2.75, 3.05) is 25.0 Å². The van der Waals surface area contributed by atoms with Gasteiger partial charge >= 0.3 is 12.0 Å². The maximum atomic E-state index is 11.5. The molecule has 1 rings (SSSR count). The lowest BCUT2D eigenvalue weighted by Crippen LogP contribution is -2.36. The Morgan fingerprint density at radius 3 is 2.29 bits per heavy atom. The summed E-state index contributed by atoms with van der Waals surface area (Å²) in [6, 6.07) is 5.88. The van der Waals surface area contributed by atoms with Crippen LogP contribution in [0.3, 0.4) is 0 Å². The van der Waals surface area contributed by atoms with Gasteiger partial charge in [0.05, 0.1) is 0 Å². The number of carboxylic acids is 1. The molecule has 0 atom stereocenters. The van der Waals surface area contributed by atoms with Gasteiger partial charge in [0.2, 0.25) is 5.91 Å². The molecule has 1 aromatic carbocycles. The molecule has 0 bridgehead atoms. The summed E-state index contributed by atoms with van der Waals surface area (Å²) in [6.07, 6.45) is 0.